The topological polar surface area (TPSA) is 75.6 Å². The predicted molar refractivity (Wildman–Crippen MR) is 135 cm³/mol. The fourth-order valence-electron chi connectivity index (χ4n) is 4.17. The molecule has 0 heterocycles. The smallest absolute Gasteiger partial charge is 0.308 e. The summed E-state index contributed by atoms with van der Waals surface area (Å²) in [6.45, 7) is -9.70. The van der Waals surface area contributed by atoms with Gasteiger partial charge in [0.2, 0.25) is 0 Å². The molecule has 1 N–H and O–H groups in total. The van der Waals surface area contributed by atoms with Crippen molar-refractivity contribution in [2.24, 2.45) is 0 Å². The van der Waals surface area contributed by atoms with Gasteiger partial charge in [0, 0.05) is 47.5 Å². The molecule has 3 rings (SSSR count). The molecule has 3 aromatic rings. The van der Waals surface area contributed by atoms with Gasteiger partial charge >= 0.3 is 5.97 Å². The summed E-state index contributed by atoms with van der Waals surface area (Å²) in [5.74, 6) is -27.8. The Balaban J connectivity index is 0.00000833. The van der Waals surface area contributed by atoms with Gasteiger partial charge < -0.3 is 33.5 Å². The second kappa shape index (κ2) is 18.1. The van der Waals surface area contributed by atoms with Gasteiger partial charge in [-0.25, -0.2) is 52.7 Å². The number of rotatable bonds is 16. The van der Waals surface area contributed by atoms with Crippen molar-refractivity contribution in [1.29, 1.82) is 0 Å². The molecule has 0 saturated heterocycles. The van der Waals surface area contributed by atoms with Gasteiger partial charge in [-0.15, -0.1) is 0 Å². The zero-order valence-electron chi connectivity index (χ0n) is 25.4. The molecule has 270 valence electrons. The maximum atomic E-state index is 14.8. The minimum Gasteiger partial charge on any atom is -0.388 e. The largest absolute Gasteiger partial charge is 0.388 e. The molecule has 0 unspecified atom stereocenters. The summed E-state index contributed by atoms with van der Waals surface area (Å²) >= 11 is 0. The molecule has 0 atom stereocenters. The van der Waals surface area contributed by atoms with Crippen LogP contribution in [0.2, 0.25) is 0 Å². The number of aliphatic hydroxyl groups is 1. The van der Waals surface area contributed by atoms with Crippen LogP contribution < -0.4 is 0 Å². The molecule has 7 nitrogen and oxygen atoms in total. The van der Waals surface area contributed by atoms with E-state index in [-0.39, 0.29) is 26.2 Å². The fourth-order valence-corrected chi connectivity index (χ4v) is 4.17. The maximum Gasteiger partial charge on any atom is 0.308 e. The van der Waals surface area contributed by atoms with Crippen LogP contribution in [0, 0.1) is 69.8 Å². The first-order valence-electron chi connectivity index (χ1n) is 13.1. The first-order chi connectivity index (χ1) is 22.6. The maximum absolute atomic E-state index is 14.8. The third-order valence-electron chi connectivity index (χ3n) is 6.70. The van der Waals surface area contributed by atoms with Crippen LogP contribution in [0.25, 0.3) is 0 Å². The molecule has 0 aromatic heterocycles. The minimum atomic E-state index is -3.45. The summed E-state index contributed by atoms with van der Waals surface area (Å²) in [5, 5.41) is 10.1. The van der Waals surface area contributed by atoms with E-state index >= 15 is 0 Å². The van der Waals surface area contributed by atoms with E-state index in [1.54, 1.807) is 0 Å². The van der Waals surface area contributed by atoms with E-state index in [2.05, 4.69) is 14.2 Å². The van der Waals surface area contributed by atoms with Crippen LogP contribution in [0.4, 0.5) is 52.7 Å². The van der Waals surface area contributed by atoms with E-state index in [0.717, 1.165) is 21.3 Å². The normalized spacial score (nSPS) is 11.8. The van der Waals surface area contributed by atoms with Crippen molar-refractivity contribution in [3.8, 4) is 0 Å². The number of methoxy groups -OCH3 is 3. The molecule has 0 fully saturated rings. The molecule has 0 aliphatic rings. The van der Waals surface area contributed by atoms with E-state index in [4.69, 9.17) is 14.2 Å². The molecule has 20 heteroatoms. The third-order valence-corrected chi connectivity index (χ3v) is 6.70. The van der Waals surface area contributed by atoms with Crippen LogP contribution in [-0.2, 0) is 94.3 Å². The van der Waals surface area contributed by atoms with Crippen molar-refractivity contribution in [1.82, 2.24) is 0 Å². The summed E-state index contributed by atoms with van der Waals surface area (Å²) in [6.07, 6.45) is 0. The Morgan fingerprint density at radius 2 is 0.531 bits per heavy atom. The van der Waals surface area contributed by atoms with Crippen molar-refractivity contribution < 1.29 is 112 Å². The average Bonchev–Trinajstić information content (AvgIpc) is 3.07. The quantitative estimate of drug-likeness (QED) is 0.102. The summed E-state index contributed by atoms with van der Waals surface area (Å²) in [7, 11) is 2.83. The molecule has 0 spiro atoms. The van der Waals surface area contributed by atoms with Gasteiger partial charge in [0.25, 0.3) is 0 Å². The number of halogens is 12. The third kappa shape index (κ3) is 8.66. The van der Waals surface area contributed by atoms with Crippen molar-refractivity contribution in [3.05, 3.63) is 103 Å². The Morgan fingerprint density at radius 3 is 0.673 bits per heavy atom. The predicted octanol–water partition coefficient (Wildman–Crippen LogP) is 6.39. The molecule has 3 aromatic carbocycles. The van der Waals surface area contributed by atoms with Crippen molar-refractivity contribution in [2.45, 2.75) is 45.6 Å². The standard InChI is InChI=1S/C29H24F12O7.Zr/c1-43-4-11-17(30)23(36)14(24(37)18(11)31)7-46-29(10-42,47-8-15-25(38)19(32)12(5-44-2)20(33)26(15)39)48-9-16-27(40)21(34)13(6-45-3)22(35)28(16)41;/h42H,4-10H2,1-3H3;. The van der Waals surface area contributed by atoms with Gasteiger partial charge in [0.1, 0.15) is 6.61 Å². The van der Waals surface area contributed by atoms with Crippen LogP contribution in [0.15, 0.2) is 0 Å². The zero-order valence-corrected chi connectivity index (χ0v) is 27.8. The van der Waals surface area contributed by atoms with Crippen molar-refractivity contribution in [3.63, 3.8) is 0 Å². The van der Waals surface area contributed by atoms with E-state index in [1.165, 1.54) is 0 Å². The number of benzene rings is 3. The molecule has 0 saturated carbocycles. The number of hydrogen-bond acceptors (Lipinski definition) is 7. The Morgan fingerprint density at radius 1 is 0.367 bits per heavy atom. The second-order valence-electron chi connectivity index (χ2n) is 9.65. The number of aliphatic hydroxyl groups excluding tert-OH is 1. The Kier molecular flexibility index (Phi) is 15.7. The average molecular weight is 804 g/mol. The van der Waals surface area contributed by atoms with Crippen LogP contribution in [0.3, 0.4) is 0 Å². The Labute approximate surface area is 288 Å². The molecule has 0 radical (unpaired) electrons. The fraction of sp³-hybridized carbons (Fsp3) is 0.379. The molecular weight excluding hydrogens is 780 g/mol. The second-order valence-corrected chi connectivity index (χ2v) is 9.65. The van der Waals surface area contributed by atoms with Crippen LogP contribution in [-0.4, -0.2) is 39.0 Å². The van der Waals surface area contributed by atoms with Gasteiger partial charge in [-0.05, 0) is 0 Å². The minimum absolute atomic E-state index is 0. The van der Waals surface area contributed by atoms with E-state index in [9.17, 15) is 57.8 Å². The van der Waals surface area contributed by atoms with Gasteiger partial charge in [-0.3, -0.25) is 0 Å². The number of hydrogen-bond donors (Lipinski definition) is 1. The van der Waals surface area contributed by atoms with Crippen LogP contribution in [0.1, 0.15) is 33.4 Å². The van der Waals surface area contributed by atoms with Crippen molar-refractivity contribution in [2.75, 3.05) is 27.9 Å². The van der Waals surface area contributed by atoms with Gasteiger partial charge in [0.15, 0.2) is 69.8 Å². The van der Waals surface area contributed by atoms with Gasteiger partial charge in [-0.2, -0.15) is 0 Å². The van der Waals surface area contributed by atoms with Crippen LogP contribution >= 0.6 is 0 Å². The summed E-state index contributed by atoms with van der Waals surface area (Å²) < 4.78 is 204. The molecule has 0 aliphatic heterocycles. The summed E-state index contributed by atoms with van der Waals surface area (Å²) in [6, 6.07) is 0. The molecule has 0 bridgehead atoms. The van der Waals surface area contributed by atoms with E-state index in [0.29, 0.717) is 0 Å². The molecule has 49 heavy (non-hydrogen) atoms. The van der Waals surface area contributed by atoms with E-state index < -0.39 is 155 Å². The summed E-state index contributed by atoms with van der Waals surface area (Å²) in [4.78, 5) is 0. The summed E-state index contributed by atoms with van der Waals surface area (Å²) in [5.41, 5.74) is -8.28. The van der Waals surface area contributed by atoms with Gasteiger partial charge in [-0.1, -0.05) is 0 Å². The Bertz CT molecular complexity index is 1390. The SMILES string of the molecule is COCc1c(F)c(F)c(COC(CO)(OCc2c(F)c(F)c(COC)c(F)c2F)OCc2c(F)c(F)c(COC)c(F)c2F)c(F)c1F.[Zr]. The Hall–Kier alpha value is -2.58. The number of ether oxygens (including phenoxy) is 6. The van der Waals surface area contributed by atoms with Gasteiger partial charge in [0.05, 0.1) is 73.0 Å². The first kappa shape index (κ1) is 42.6. The first-order valence-corrected chi connectivity index (χ1v) is 13.1. The zero-order chi connectivity index (χ0) is 36.1. The monoisotopic (exact) mass is 802 g/mol. The molecular formula is C29H24F12O7Zr. The molecule has 0 aliphatic carbocycles. The van der Waals surface area contributed by atoms with E-state index in [1.807, 2.05) is 0 Å². The van der Waals surface area contributed by atoms with Crippen molar-refractivity contribution >= 4 is 0 Å². The van der Waals surface area contributed by atoms with Crippen LogP contribution in [0.5, 0.6) is 0 Å². The molecule has 0 amide bonds.